The van der Waals surface area contributed by atoms with Gasteiger partial charge in [0.15, 0.2) is 0 Å². The smallest absolute Gasteiger partial charge is 0.0634 e. The molecule has 1 atom stereocenters. The highest BCUT2D eigenvalue weighted by molar-refractivity contribution is 6.31. The van der Waals surface area contributed by atoms with Crippen LogP contribution < -0.4 is 5.32 Å². The Morgan fingerprint density at radius 3 is 2.76 bits per heavy atom. The van der Waals surface area contributed by atoms with Crippen molar-refractivity contribution in [1.82, 2.24) is 10.3 Å². The average molecular weight is 255 g/mol. The van der Waals surface area contributed by atoms with E-state index in [4.69, 9.17) is 11.6 Å². The molecule has 0 aromatic carbocycles. The molecule has 1 N–H and O–H groups in total. The Morgan fingerprint density at radius 1 is 1.29 bits per heavy atom. The fourth-order valence-electron chi connectivity index (χ4n) is 1.95. The lowest BCUT2D eigenvalue weighted by Crippen LogP contribution is -2.28. The molecule has 0 spiro atoms. The zero-order valence-corrected chi connectivity index (χ0v) is 11.6. The molecule has 0 aliphatic rings. The van der Waals surface area contributed by atoms with E-state index in [1.807, 2.05) is 6.07 Å². The van der Waals surface area contributed by atoms with Crippen molar-refractivity contribution in [1.29, 1.82) is 0 Å². The average Bonchev–Trinajstić information content (AvgIpc) is 2.34. The zero-order valence-electron chi connectivity index (χ0n) is 10.9. The minimum atomic E-state index is 0.615. The van der Waals surface area contributed by atoms with Crippen LogP contribution in [0.15, 0.2) is 18.5 Å². The van der Waals surface area contributed by atoms with Crippen molar-refractivity contribution in [3.63, 3.8) is 0 Å². The second kappa shape index (κ2) is 8.48. The molecular formula is C14H23ClN2. The summed E-state index contributed by atoms with van der Waals surface area (Å²) in [6.45, 7) is 5.32. The third-order valence-electron chi connectivity index (χ3n) is 2.98. The molecule has 0 amide bonds. The van der Waals surface area contributed by atoms with E-state index in [1.54, 1.807) is 12.4 Å². The molecule has 3 heteroatoms. The normalized spacial score (nSPS) is 12.6. The molecular weight excluding hydrogens is 232 g/mol. The van der Waals surface area contributed by atoms with Gasteiger partial charge in [0.25, 0.3) is 0 Å². The first-order chi connectivity index (χ1) is 8.27. The molecule has 96 valence electrons. The Kier molecular flexibility index (Phi) is 7.22. The van der Waals surface area contributed by atoms with E-state index in [2.05, 4.69) is 24.1 Å². The maximum Gasteiger partial charge on any atom is 0.0634 e. The molecule has 1 heterocycles. The quantitative estimate of drug-likeness (QED) is 0.753. The van der Waals surface area contributed by atoms with Crippen LogP contribution in [0.4, 0.5) is 0 Å². The van der Waals surface area contributed by atoms with Crippen molar-refractivity contribution >= 4 is 11.6 Å². The fourth-order valence-corrected chi connectivity index (χ4v) is 2.14. The van der Waals surface area contributed by atoms with Crippen LogP contribution in [-0.4, -0.2) is 11.0 Å². The SMILES string of the molecule is CCCCC(CCC)NCc1ccncc1Cl. The summed E-state index contributed by atoms with van der Waals surface area (Å²) in [7, 11) is 0. The first-order valence-corrected chi connectivity index (χ1v) is 6.97. The summed E-state index contributed by atoms with van der Waals surface area (Å²) >= 11 is 6.09. The van der Waals surface area contributed by atoms with E-state index >= 15 is 0 Å². The number of unbranched alkanes of at least 4 members (excludes halogenated alkanes) is 1. The predicted molar refractivity (Wildman–Crippen MR) is 74.3 cm³/mol. The van der Waals surface area contributed by atoms with Crippen LogP contribution in [-0.2, 0) is 6.54 Å². The number of aromatic nitrogens is 1. The van der Waals surface area contributed by atoms with Crippen molar-refractivity contribution in [2.75, 3.05) is 0 Å². The van der Waals surface area contributed by atoms with Crippen LogP contribution in [0.1, 0.15) is 51.5 Å². The minimum Gasteiger partial charge on any atom is -0.310 e. The van der Waals surface area contributed by atoms with Gasteiger partial charge in [-0.2, -0.15) is 0 Å². The van der Waals surface area contributed by atoms with Crippen LogP contribution in [0.25, 0.3) is 0 Å². The van der Waals surface area contributed by atoms with Gasteiger partial charge in [0.05, 0.1) is 5.02 Å². The van der Waals surface area contributed by atoms with Crippen LogP contribution in [0, 0.1) is 0 Å². The standard InChI is InChI=1S/C14H23ClN2/c1-3-5-7-13(6-4-2)17-10-12-8-9-16-11-14(12)15/h8-9,11,13,17H,3-7,10H2,1-2H3. The van der Waals surface area contributed by atoms with Gasteiger partial charge in [0.2, 0.25) is 0 Å². The molecule has 0 aliphatic carbocycles. The van der Waals surface area contributed by atoms with E-state index < -0.39 is 0 Å². The van der Waals surface area contributed by atoms with E-state index in [-0.39, 0.29) is 0 Å². The summed E-state index contributed by atoms with van der Waals surface area (Å²) in [5.74, 6) is 0. The highest BCUT2D eigenvalue weighted by Gasteiger charge is 2.07. The molecule has 0 saturated carbocycles. The summed E-state index contributed by atoms with van der Waals surface area (Å²) < 4.78 is 0. The molecule has 1 aromatic rings. The van der Waals surface area contributed by atoms with E-state index in [0.717, 1.165) is 17.1 Å². The van der Waals surface area contributed by atoms with E-state index in [0.29, 0.717) is 6.04 Å². The molecule has 1 aromatic heterocycles. The molecule has 2 nitrogen and oxygen atoms in total. The predicted octanol–water partition coefficient (Wildman–Crippen LogP) is 4.18. The van der Waals surface area contributed by atoms with Crippen molar-refractivity contribution in [2.24, 2.45) is 0 Å². The van der Waals surface area contributed by atoms with E-state index in [9.17, 15) is 0 Å². The molecule has 0 fully saturated rings. The van der Waals surface area contributed by atoms with Crippen LogP contribution >= 0.6 is 11.6 Å². The lowest BCUT2D eigenvalue weighted by Gasteiger charge is -2.18. The first-order valence-electron chi connectivity index (χ1n) is 6.59. The van der Waals surface area contributed by atoms with Crippen LogP contribution in [0.2, 0.25) is 5.02 Å². The molecule has 0 radical (unpaired) electrons. The number of nitrogens with one attached hydrogen (secondary N) is 1. The Bertz CT molecular complexity index is 315. The van der Waals surface area contributed by atoms with Gasteiger partial charge in [0, 0.05) is 25.0 Å². The molecule has 0 saturated heterocycles. The highest BCUT2D eigenvalue weighted by atomic mass is 35.5. The fraction of sp³-hybridized carbons (Fsp3) is 0.643. The topological polar surface area (TPSA) is 24.9 Å². The zero-order chi connectivity index (χ0) is 12.5. The van der Waals surface area contributed by atoms with Crippen LogP contribution in [0.3, 0.4) is 0 Å². The van der Waals surface area contributed by atoms with Gasteiger partial charge in [-0.15, -0.1) is 0 Å². The molecule has 17 heavy (non-hydrogen) atoms. The Hall–Kier alpha value is -0.600. The Labute approximate surface area is 110 Å². The second-order valence-corrected chi connectivity index (χ2v) is 4.88. The van der Waals surface area contributed by atoms with Crippen molar-refractivity contribution in [3.8, 4) is 0 Å². The first kappa shape index (κ1) is 14.5. The lowest BCUT2D eigenvalue weighted by molar-refractivity contribution is 0.434. The summed E-state index contributed by atoms with van der Waals surface area (Å²) in [6.07, 6.45) is 9.78. The van der Waals surface area contributed by atoms with Crippen molar-refractivity contribution in [3.05, 3.63) is 29.0 Å². The summed E-state index contributed by atoms with van der Waals surface area (Å²) in [4.78, 5) is 4.00. The monoisotopic (exact) mass is 254 g/mol. The molecule has 0 bridgehead atoms. The van der Waals surface area contributed by atoms with Crippen molar-refractivity contribution < 1.29 is 0 Å². The van der Waals surface area contributed by atoms with Gasteiger partial charge in [0.1, 0.15) is 0 Å². The van der Waals surface area contributed by atoms with E-state index in [1.165, 1.54) is 32.1 Å². The molecule has 1 rings (SSSR count). The maximum absolute atomic E-state index is 6.09. The molecule has 1 unspecified atom stereocenters. The Balaban J connectivity index is 2.42. The van der Waals surface area contributed by atoms with Gasteiger partial charge in [-0.3, -0.25) is 4.98 Å². The third kappa shape index (κ3) is 5.51. The van der Waals surface area contributed by atoms with Crippen LogP contribution in [0.5, 0.6) is 0 Å². The van der Waals surface area contributed by atoms with Gasteiger partial charge in [-0.25, -0.2) is 0 Å². The van der Waals surface area contributed by atoms with Gasteiger partial charge in [-0.1, -0.05) is 44.7 Å². The number of pyridine rings is 1. The Morgan fingerprint density at radius 2 is 2.12 bits per heavy atom. The summed E-state index contributed by atoms with van der Waals surface area (Å²) in [5.41, 5.74) is 1.14. The number of hydrogen-bond acceptors (Lipinski definition) is 2. The number of hydrogen-bond donors (Lipinski definition) is 1. The second-order valence-electron chi connectivity index (χ2n) is 4.48. The summed E-state index contributed by atoms with van der Waals surface area (Å²) in [5, 5.41) is 4.36. The number of nitrogens with zero attached hydrogens (tertiary/aromatic N) is 1. The van der Waals surface area contributed by atoms with Gasteiger partial charge >= 0.3 is 0 Å². The summed E-state index contributed by atoms with van der Waals surface area (Å²) in [6, 6.07) is 2.60. The van der Waals surface area contributed by atoms with Gasteiger partial charge in [-0.05, 0) is 24.5 Å². The minimum absolute atomic E-state index is 0.615. The lowest BCUT2D eigenvalue weighted by atomic mass is 10.0. The third-order valence-corrected chi connectivity index (χ3v) is 3.32. The largest absolute Gasteiger partial charge is 0.310 e. The maximum atomic E-state index is 6.09. The van der Waals surface area contributed by atoms with Gasteiger partial charge < -0.3 is 5.32 Å². The molecule has 0 aliphatic heterocycles. The highest BCUT2D eigenvalue weighted by Crippen LogP contribution is 2.14. The number of rotatable bonds is 8. The van der Waals surface area contributed by atoms with Crippen molar-refractivity contribution in [2.45, 2.75) is 58.5 Å². The number of halogens is 1.